The molecule has 0 amide bonds. The van der Waals surface area contributed by atoms with Crippen molar-refractivity contribution in [1.29, 1.82) is 0 Å². The van der Waals surface area contributed by atoms with Crippen molar-refractivity contribution in [2.75, 3.05) is 31.6 Å². The molecule has 0 spiro atoms. The van der Waals surface area contributed by atoms with E-state index < -0.39 is 0 Å². The van der Waals surface area contributed by atoms with Gasteiger partial charge in [-0.2, -0.15) is 0 Å². The Labute approximate surface area is 179 Å². The summed E-state index contributed by atoms with van der Waals surface area (Å²) in [6, 6.07) is 5.85. The normalized spacial score (nSPS) is 25.1. The molecule has 0 saturated heterocycles. The number of nitrogens with one attached hydrogen (secondary N) is 2. The molecular formula is C20H32IN3O3. The van der Waals surface area contributed by atoms with Crippen molar-refractivity contribution in [3.8, 4) is 11.5 Å². The molecule has 6 nitrogen and oxygen atoms in total. The summed E-state index contributed by atoms with van der Waals surface area (Å²) in [5.74, 6) is 2.27. The Morgan fingerprint density at radius 1 is 1.22 bits per heavy atom. The van der Waals surface area contributed by atoms with Gasteiger partial charge in [0.1, 0.15) is 0 Å². The second-order valence-electron chi connectivity index (χ2n) is 7.45. The van der Waals surface area contributed by atoms with Crippen molar-refractivity contribution in [1.82, 2.24) is 5.32 Å². The minimum absolute atomic E-state index is 0. The number of halogens is 1. The Kier molecular flexibility index (Phi) is 8.47. The van der Waals surface area contributed by atoms with Gasteiger partial charge in [0.2, 0.25) is 0 Å². The lowest BCUT2D eigenvalue weighted by molar-refractivity contribution is 0.00721. The zero-order valence-electron chi connectivity index (χ0n) is 16.3. The topological polar surface area (TPSA) is 75.1 Å². The molecule has 2 unspecified atom stereocenters. The van der Waals surface area contributed by atoms with E-state index in [2.05, 4.69) is 17.6 Å². The van der Waals surface area contributed by atoms with Crippen LogP contribution in [0.1, 0.15) is 46.0 Å². The second kappa shape index (κ2) is 10.4. The van der Waals surface area contributed by atoms with E-state index >= 15 is 0 Å². The van der Waals surface area contributed by atoms with Gasteiger partial charge in [0.05, 0.1) is 25.9 Å². The van der Waals surface area contributed by atoms with Crippen molar-refractivity contribution in [2.24, 2.45) is 10.4 Å². The molecule has 152 valence electrons. The standard InChI is InChI=1S/C20H31N3O3.HI/c1-3-21-19(22-14-20(2)10-5-4-7-18(20)24)23-15-8-9-16-17(13-15)26-12-6-11-25-16;/h8-9,13,18,24H,3-7,10-12,14H2,1-2H3,(H2,21,22,23);1H. The van der Waals surface area contributed by atoms with Crippen molar-refractivity contribution < 1.29 is 14.6 Å². The first-order valence-corrected chi connectivity index (χ1v) is 9.74. The number of aliphatic imine (C=N–C) groups is 1. The molecule has 7 heteroatoms. The molecule has 1 saturated carbocycles. The van der Waals surface area contributed by atoms with Gasteiger partial charge in [-0.1, -0.05) is 19.8 Å². The van der Waals surface area contributed by atoms with Crippen LogP contribution in [0.4, 0.5) is 5.69 Å². The number of fused-ring (bicyclic) bond motifs is 1. The number of aliphatic hydroxyl groups excluding tert-OH is 1. The van der Waals surface area contributed by atoms with E-state index in [-0.39, 0.29) is 35.5 Å². The molecule has 1 heterocycles. The fourth-order valence-electron chi connectivity index (χ4n) is 3.51. The first-order chi connectivity index (χ1) is 12.6. The quantitative estimate of drug-likeness (QED) is 0.341. The van der Waals surface area contributed by atoms with Gasteiger partial charge in [-0.3, -0.25) is 4.99 Å². The van der Waals surface area contributed by atoms with E-state index in [1.165, 1.54) is 0 Å². The average Bonchev–Trinajstić information content (AvgIpc) is 2.88. The van der Waals surface area contributed by atoms with Crippen LogP contribution >= 0.6 is 24.0 Å². The number of rotatable bonds is 4. The van der Waals surface area contributed by atoms with Crippen LogP contribution in [0.25, 0.3) is 0 Å². The summed E-state index contributed by atoms with van der Waals surface area (Å²) in [5.41, 5.74) is 0.758. The summed E-state index contributed by atoms with van der Waals surface area (Å²) in [6.07, 6.45) is 4.77. The highest BCUT2D eigenvalue weighted by Gasteiger charge is 2.35. The maximum absolute atomic E-state index is 10.4. The number of nitrogens with zero attached hydrogens (tertiary/aromatic N) is 1. The van der Waals surface area contributed by atoms with Crippen LogP contribution < -0.4 is 20.1 Å². The van der Waals surface area contributed by atoms with E-state index in [1.807, 2.05) is 25.1 Å². The van der Waals surface area contributed by atoms with E-state index in [0.717, 1.165) is 61.8 Å². The third-order valence-corrected chi connectivity index (χ3v) is 5.23. The van der Waals surface area contributed by atoms with E-state index in [9.17, 15) is 5.11 Å². The summed E-state index contributed by atoms with van der Waals surface area (Å²) < 4.78 is 11.4. The van der Waals surface area contributed by atoms with Crippen molar-refractivity contribution in [3.63, 3.8) is 0 Å². The highest BCUT2D eigenvalue weighted by molar-refractivity contribution is 14.0. The van der Waals surface area contributed by atoms with E-state index in [4.69, 9.17) is 14.5 Å². The zero-order chi connectivity index (χ0) is 18.4. The lowest BCUT2D eigenvalue weighted by Crippen LogP contribution is -2.39. The fraction of sp³-hybridized carbons (Fsp3) is 0.650. The fourth-order valence-corrected chi connectivity index (χ4v) is 3.51. The van der Waals surface area contributed by atoms with Gasteiger partial charge in [-0.25, -0.2) is 0 Å². The third kappa shape index (κ3) is 5.88. The Morgan fingerprint density at radius 2 is 2.00 bits per heavy atom. The van der Waals surface area contributed by atoms with Crippen LogP contribution in [0.5, 0.6) is 11.5 Å². The summed E-state index contributed by atoms with van der Waals surface area (Å²) >= 11 is 0. The highest BCUT2D eigenvalue weighted by Crippen LogP contribution is 2.36. The van der Waals surface area contributed by atoms with Crippen molar-refractivity contribution in [2.45, 2.75) is 52.1 Å². The first kappa shape index (κ1) is 22.1. The highest BCUT2D eigenvalue weighted by atomic mass is 127. The summed E-state index contributed by atoms with van der Waals surface area (Å²) in [5, 5.41) is 17.0. The lowest BCUT2D eigenvalue weighted by Gasteiger charge is -2.37. The van der Waals surface area contributed by atoms with Gasteiger partial charge in [0.25, 0.3) is 0 Å². The molecule has 3 N–H and O–H groups in total. The molecular weight excluding hydrogens is 457 g/mol. The minimum atomic E-state index is -0.277. The number of anilines is 1. The minimum Gasteiger partial charge on any atom is -0.490 e. The van der Waals surface area contributed by atoms with Crippen LogP contribution in [0.15, 0.2) is 23.2 Å². The third-order valence-electron chi connectivity index (χ3n) is 5.23. The number of guanidine groups is 1. The van der Waals surface area contributed by atoms with Crippen molar-refractivity contribution in [3.05, 3.63) is 18.2 Å². The molecule has 27 heavy (non-hydrogen) atoms. The zero-order valence-corrected chi connectivity index (χ0v) is 18.6. The molecule has 1 fully saturated rings. The van der Waals surface area contributed by atoms with Crippen LogP contribution in [-0.4, -0.2) is 43.5 Å². The molecule has 2 aliphatic rings. The van der Waals surface area contributed by atoms with Crippen LogP contribution in [0, 0.1) is 5.41 Å². The molecule has 2 atom stereocenters. The molecule has 0 radical (unpaired) electrons. The molecule has 0 bridgehead atoms. The Hall–Kier alpha value is -1.22. The maximum atomic E-state index is 10.4. The lowest BCUT2D eigenvalue weighted by atomic mass is 9.73. The predicted octanol–water partition coefficient (Wildman–Crippen LogP) is 3.78. The van der Waals surface area contributed by atoms with Crippen LogP contribution in [0.3, 0.4) is 0 Å². The van der Waals surface area contributed by atoms with Gasteiger partial charge in [-0.05, 0) is 31.9 Å². The Balaban J connectivity index is 0.00000261. The number of aliphatic hydroxyl groups is 1. The van der Waals surface area contributed by atoms with Crippen LogP contribution in [0.2, 0.25) is 0 Å². The predicted molar refractivity (Wildman–Crippen MR) is 120 cm³/mol. The molecule has 1 aliphatic heterocycles. The number of benzene rings is 1. The Bertz CT molecular complexity index is 641. The van der Waals surface area contributed by atoms with E-state index in [0.29, 0.717) is 19.8 Å². The van der Waals surface area contributed by atoms with Gasteiger partial charge in [0, 0.05) is 30.1 Å². The number of ether oxygens (including phenoxy) is 2. The monoisotopic (exact) mass is 489 g/mol. The summed E-state index contributed by atoms with van der Waals surface area (Å²) in [4.78, 5) is 4.75. The molecule has 1 aliphatic carbocycles. The number of hydrogen-bond acceptors (Lipinski definition) is 4. The summed E-state index contributed by atoms with van der Waals surface area (Å²) in [7, 11) is 0. The van der Waals surface area contributed by atoms with Gasteiger partial charge >= 0.3 is 0 Å². The molecule has 0 aromatic heterocycles. The molecule has 1 aromatic carbocycles. The average molecular weight is 489 g/mol. The van der Waals surface area contributed by atoms with Crippen molar-refractivity contribution >= 4 is 35.6 Å². The maximum Gasteiger partial charge on any atom is 0.195 e. The van der Waals surface area contributed by atoms with E-state index in [1.54, 1.807) is 0 Å². The molecule has 1 aromatic rings. The number of hydrogen-bond donors (Lipinski definition) is 3. The Morgan fingerprint density at radius 3 is 2.74 bits per heavy atom. The first-order valence-electron chi connectivity index (χ1n) is 9.74. The summed E-state index contributed by atoms with van der Waals surface area (Å²) in [6.45, 7) is 6.91. The smallest absolute Gasteiger partial charge is 0.195 e. The van der Waals surface area contributed by atoms with Gasteiger partial charge in [-0.15, -0.1) is 24.0 Å². The second-order valence-corrected chi connectivity index (χ2v) is 7.45. The van der Waals surface area contributed by atoms with Crippen LogP contribution in [-0.2, 0) is 0 Å². The largest absolute Gasteiger partial charge is 0.490 e. The van der Waals surface area contributed by atoms with Gasteiger partial charge < -0.3 is 25.2 Å². The molecule has 3 rings (SSSR count). The van der Waals surface area contributed by atoms with Gasteiger partial charge in [0.15, 0.2) is 17.5 Å². The SMILES string of the molecule is CCNC(=NCC1(C)CCCCC1O)Nc1ccc2c(c1)OCCCO2.I.